The van der Waals surface area contributed by atoms with Gasteiger partial charge in [-0.1, -0.05) is 18.5 Å². The Balaban J connectivity index is 2.01. The second-order valence-electron chi connectivity index (χ2n) is 6.08. The topological polar surface area (TPSA) is 77.9 Å². The van der Waals surface area contributed by atoms with Crippen LogP contribution >= 0.6 is 11.6 Å². The van der Waals surface area contributed by atoms with Crippen molar-refractivity contribution in [1.82, 2.24) is 9.21 Å². The molecule has 1 aliphatic heterocycles. The highest BCUT2D eigenvalue weighted by Gasteiger charge is 2.31. The molecule has 9 heteroatoms. The van der Waals surface area contributed by atoms with Gasteiger partial charge >= 0.3 is 5.97 Å². The lowest BCUT2D eigenvalue weighted by Crippen LogP contribution is -2.48. The van der Waals surface area contributed by atoms with Crippen LogP contribution < -0.4 is 0 Å². The van der Waals surface area contributed by atoms with E-state index in [0.29, 0.717) is 32.5 Å². The Morgan fingerprint density at radius 2 is 2.04 bits per heavy atom. The predicted molar refractivity (Wildman–Crippen MR) is 93.5 cm³/mol. The molecule has 1 aromatic carbocycles. The van der Waals surface area contributed by atoms with Gasteiger partial charge in [-0.25, -0.2) is 17.1 Å². The van der Waals surface area contributed by atoms with Gasteiger partial charge in [0.1, 0.15) is 5.82 Å². The molecule has 1 heterocycles. The van der Waals surface area contributed by atoms with Crippen molar-refractivity contribution in [2.75, 3.05) is 26.2 Å². The van der Waals surface area contributed by atoms with E-state index in [1.165, 1.54) is 16.4 Å². The molecule has 1 saturated heterocycles. The highest BCUT2D eigenvalue weighted by atomic mass is 35.5. The Morgan fingerprint density at radius 3 is 2.60 bits per heavy atom. The van der Waals surface area contributed by atoms with Crippen molar-refractivity contribution in [1.29, 1.82) is 0 Å². The minimum Gasteiger partial charge on any atom is -0.480 e. The number of piperidine rings is 1. The molecular weight excluding hydrogens is 371 g/mol. The van der Waals surface area contributed by atoms with Gasteiger partial charge in [-0.05, 0) is 43.1 Å². The third kappa shape index (κ3) is 5.37. The lowest BCUT2D eigenvalue weighted by atomic mass is 10.0. The number of halogens is 2. The molecule has 0 atom stereocenters. The minimum absolute atomic E-state index is 0.0466. The van der Waals surface area contributed by atoms with Crippen molar-refractivity contribution in [2.24, 2.45) is 0 Å². The summed E-state index contributed by atoms with van der Waals surface area (Å²) in [4.78, 5) is 12.7. The number of hydrogen-bond acceptors (Lipinski definition) is 4. The first-order valence-electron chi connectivity index (χ1n) is 8.10. The van der Waals surface area contributed by atoms with Gasteiger partial charge in [0.15, 0.2) is 0 Å². The second kappa shape index (κ2) is 8.44. The zero-order valence-corrected chi connectivity index (χ0v) is 15.6. The Bertz CT molecular complexity index is 721. The quantitative estimate of drug-likeness (QED) is 0.769. The standard InChI is InChI=1S/C16H22ClFN2O4S/c1-2-19(10-16(21)22)14-5-7-20(8-6-14)25(23,24)11-12-9-13(18)3-4-15(12)17/h3-4,9,14H,2,5-8,10-11H2,1H3,(H,21,22). The van der Waals surface area contributed by atoms with Crippen molar-refractivity contribution in [3.63, 3.8) is 0 Å². The molecule has 0 amide bonds. The maximum atomic E-state index is 13.3. The van der Waals surface area contributed by atoms with Gasteiger partial charge in [-0.3, -0.25) is 9.69 Å². The van der Waals surface area contributed by atoms with Gasteiger partial charge < -0.3 is 5.11 Å². The predicted octanol–water partition coefficient (Wildman–Crippen LogP) is 2.18. The summed E-state index contributed by atoms with van der Waals surface area (Å²) in [6.45, 7) is 3.07. The lowest BCUT2D eigenvalue weighted by Gasteiger charge is -2.36. The van der Waals surface area contributed by atoms with E-state index in [4.69, 9.17) is 16.7 Å². The van der Waals surface area contributed by atoms with Crippen molar-refractivity contribution in [3.8, 4) is 0 Å². The van der Waals surface area contributed by atoms with Crippen LogP contribution in [0.3, 0.4) is 0 Å². The number of sulfonamides is 1. The van der Waals surface area contributed by atoms with Crippen LogP contribution in [0, 0.1) is 5.82 Å². The molecule has 25 heavy (non-hydrogen) atoms. The second-order valence-corrected chi connectivity index (χ2v) is 8.46. The summed E-state index contributed by atoms with van der Waals surface area (Å²) in [5.74, 6) is -1.76. The molecule has 0 bridgehead atoms. The number of carboxylic acids is 1. The Hall–Kier alpha value is -1.22. The molecule has 0 saturated carbocycles. The fourth-order valence-electron chi connectivity index (χ4n) is 3.10. The van der Waals surface area contributed by atoms with E-state index in [2.05, 4.69) is 0 Å². The summed E-state index contributed by atoms with van der Waals surface area (Å²) in [5, 5.41) is 9.17. The van der Waals surface area contributed by atoms with Gasteiger partial charge in [-0.2, -0.15) is 0 Å². The van der Waals surface area contributed by atoms with Crippen LogP contribution in [0.15, 0.2) is 18.2 Å². The van der Waals surface area contributed by atoms with Crippen molar-refractivity contribution >= 4 is 27.6 Å². The van der Waals surface area contributed by atoms with E-state index in [1.54, 1.807) is 0 Å². The van der Waals surface area contributed by atoms with E-state index >= 15 is 0 Å². The third-order valence-electron chi connectivity index (χ3n) is 4.42. The zero-order valence-electron chi connectivity index (χ0n) is 14.0. The molecule has 0 unspecified atom stereocenters. The van der Waals surface area contributed by atoms with Crippen molar-refractivity contribution in [2.45, 2.75) is 31.6 Å². The summed E-state index contributed by atoms with van der Waals surface area (Å²) in [6.07, 6.45) is 1.13. The average molecular weight is 393 g/mol. The number of carboxylic acid groups (broad SMARTS) is 1. The highest BCUT2D eigenvalue weighted by molar-refractivity contribution is 7.88. The van der Waals surface area contributed by atoms with Gasteiger partial charge in [0.2, 0.25) is 10.0 Å². The van der Waals surface area contributed by atoms with E-state index < -0.39 is 21.8 Å². The maximum Gasteiger partial charge on any atom is 0.317 e. The molecule has 1 aromatic rings. The average Bonchev–Trinajstić information content (AvgIpc) is 2.56. The monoisotopic (exact) mass is 392 g/mol. The van der Waals surface area contributed by atoms with Crippen molar-refractivity contribution < 1.29 is 22.7 Å². The van der Waals surface area contributed by atoms with Crippen LogP contribution in [0.4, 0.5) is 4.39 Å². The van der Waals surface area contributed by atoms with Crippen molar-refractivity contribution in [3.05, 3.63) is 34.6 Å². The number of rotatable bonds is 7. The number of carbonyl (C=O) groups is 1. The lowest BCUT2D eigenvalue weighted by molar-refractivity contribution is -0.139. The molecule has 0 aliphatic carbocycles. The SMILES string of the molecule is CCN(CC(=O)O)C1CCN(S(=O)(=O)Cc2cc(F)ccc2Cl)CC1. The largest absolute Gasteiger partial charge is 0.480 e. The third-order valence-corrected chi connectivity index (χ3v) is 6.62. The van der Waals surface area contributed by atoms with Crippen LogP contribution in [0.1, 0.15) is 25.3 Å². The molecule has 6 nitrogen and oxygen atoms in total. The van der Waals surface area contributed by atoms with Crippen LogP contribution in [-0.2, 0) is 20.6 Å². The van der Waals surface area contributed by atoms with Crippen LogP contribution in [0.2, 0.25) is 5.02 Å². The number of hydrogen-bond donors (Lipinski definition) is 1. The molecule has 1 aliphatic rings. The fraction of sp³-hybridized carbons (Fsp3) is 0.562. The minimum atomic E-state index is -3.61. The highest BCUT2D eigenvalue weighted by Crippen LogP contribution is 2.24. The summed E-state index contributed by atoms with van der Waals surface area (Å²) in [5.41, 5.74) is 0.241. The summed E-state index contributed by atoms with van der Waals surface area (Å²) in [7, 11) is -3.61. The molecule has 1 fully saturated rings. The number of aliphatic carboxylic acids is 1. The van der Waals surface area contributed by atoms with E-state index in [-0.39, 0.29) is 28.9 Å². The molecule has 2 rings (SSSR count). The fourth-order valence-corrected chi connectivity index (χ4v) is 4.95. The van der Waals surface area contributed by atoms with E-state index in [9.17, 15) is 17.6 Å². The van der Waals surface area contributed by atoms with Crippen LogP contribution in [0.5, 0.6) is 0 Å². The number of nitrogens with zero attached hydrogens (tertiary/aromatic N) is 2. The smallest absolute Gasteiger partial charge is 0.317 e. The van der Waals surface area contributed by atoms with Gasteiger partial charge in [0.05, 0.1) is 12.3 Å². The maximum absolute atomic E-state index is 13.3. The van der Waals surface area contributed by atoms with Crippen LogP contribution in [0.25, 0.3) is 0 Å². The summed E-state index contributed by atoms with van der Waals surface area (Å²) < 4.78 is 39.9. The Labute approximate surface area is 152 Å². The van der Waals surface area contributed by atoms with Gasteiger partial charge in [-0.15, -0.1) is 0 Å². The number of likely N-dealkylation sites (N-methyl/N-ethyl adjacent to an activating group) is 1. The molecule has 0 aromatic heterocycles. The molecule has 0 spiro atoms. The Morgan fingerprint density at radius 1 is 1.40 bits per heavy atom. The first kappa shape index (κ1) is 20.1. The first-order valence-corrected chi connectivity index (χ1v) is 10.1. The molecule has 140 valence electrons. The van der Waals surface area contributed by atoms with Gasteiger partial charge in [0.25, 0.3) is 0 Å². The molecule has 1 N–H and O–H groups in total. The van der Waals surface area contributed by atoms with E-state index in [1.807, 2.05) is 11.8 Å². The summed E-state index contributed by atoms with van der Waals surface area (Å²) in [6, 6.07) is 3.72. The number of benzene rings is 1. The summed E-state index contributed by atoms with van der Waals surface area (Å²) >= 11 is 5.96. The Kier molecular flexibility index (Phi) is 6.79. The van der Waals surface area contributed by atoms with Crippen LogP contribution in [-0.4, -0.2) is 60.9 Å². The first-order chi connectivity index (χ1) is 11.7. The van der Waals surface area contributed by atoms with E-state index in [0.717, 1.165) is 6.07 Å². The van der Waals surface area contributed by atoms with Gasteiger partial charge in [0, 0.05) is 24.2 Å². The molecule has 0 radical (unpaired) electrons. The normalized spacial score (nSPS) is 17.1. The molecular formula is C16H22ClFN2O4S. The zero-order chi connectivity index (χ0) is 18.6.